The Balaban J connectivity index is 2.86. The van der Waals surface area contributed by atoms with Crippen LogP contribution in [0.3, 0.4) is 0 Å². The number of hydrogen-bond acceptors (Lipinski definition) is 4. The molecule has 0 amide bonds. The van der Waals surface area contributed by atoms with Crippen LogP contribution >= 0.6 is 39.0 Å². The highest BCUT2D eigenvalue weighted by atomic mass is 79.9. The minimum atomic E-state index is 0.134. The molecule has 0 aromatic carbocycles. The number of rotatable bonds is 6. The molecule has 0 spiro atoms. The van der Waals surface area contributed by atoms with E-state index in [0.29, 0.717) is 12.1 Å². The lowest BCUT2D eigenvalue weighted by atomic mass is 10.1. The lowest BCUT2D eigenvalue weighted by molar-refractivity contribution is 0.181. The molecule has 0 radical (unpaired) electrons. The number of hydrogen-bond donors (Lipinski definition) is 1. The highest BCUT2D eigenvalue weighted by molar-refractivity contribution is 9.11. The second kappa shape index (κ2) is 7.14. The molecular weight excluding hydrogens is 316 g/mol. The third kappa shape index (κ3) is 4.24. The molecular formula is C12H21BrN2S2. The zero-order chi connectivity index (χ0) is 13.0. The molecule has 0 saturated heterocycles. The Kier molecular flexibility index (Phi) is 6.51. The number of thiophene rings is 1. The standard InChI is InChI=1S/C12H21BrN2S2/c1-8(7-16-4)15(3)12(9(2)14)10-5-6-11(13)17-10/h5-6,8-9,12H,7,14H2,1-4H3. The summed E-state index contributed by atoms with van der Waals surface area (Å²) in [5.74, 6) is 1.13. The summed E-state index contributed by atoms with van der Waals surface area (Å²) in [7, 11) is 2.17. The quantitative estimate of drug-likeness (QED) is 0.860. The fourth-order valence-corrected chi connectivity index (χ4v) is 4.36. The summed E-state index contributed by atoms with van der Waals surface area (Å²) >= 11 is 7.18. The van der Waals surface area contributed by atoms with Gasteiger partial charge in [0, 0.05) is 22.7 Å². The van der Waals surface area contributed by atoms with Crippen LogP contribution in [0.2, 0.25) is 0 Å². The molecule has 3 unspecified atom stereocenters. The van der Waals surface area contributed by atoms with E-state index in [-0.39, 0.29) is 6.04 Å². The first-order chi connectivity index (χ1) is 7.97. The maximum absolute atomic E-state index is 6.16. The summed E-state index contributed by atoms with van der Waals surface area (Å²) < 4.78 is 1.17. The van der Waals surface area contributed by atoms with Crippen LogP contribution in [0.15, 0.2) is 15.9 Å². The van der Waals surface area contributed by atoms with Gasteiger partial charge in [-0.1, -0.05) is 0 Å². The fraction of sp³-hybridized carbons (Fsp3) is 0.667. The Morgan fingerprint density at radius 2 is 2.12 bits per heavy atom. The van der Waals surface area contributed by atoms with Crippen molar-refractivity contribution in [3.8, 4) is 0 Å². The molecule has 1 rings (SSSR count). The van der Waals surface area contributed by atoms with Crippen LogP contribution in [0.25, 0.3) is 0 Å². The van der Waals surface area contributed by atoms with Crippen LogP contribution in [0.1, 0.15) is 24.8 Å². The molecule has 5 heteroatoms. The Bertz CT molecular complexity index is 341. The van der Waals surface area contributed by atoms with Crippen molar-refractivity contribution >= 4 is 39.0 Å². The van der Waals surface area contributed by atoms with Crippen molar-refractivity contribution in [3.63, 3.8) is 0 Å². The highest BCUT2D eigenvalue weighted by Crippen LogP contribution is 2.32. The zero-order valence-electron chi connectivity index (χ0n) is 10.8. The molecule has 1 aromatic rings. The van der Waals surface area contributed by atoms with Gasteiger partial charge in [-0.05, 0) is 55.2 Å². The summed E-state index contributed by atoms with van der Waals surface area (Å²) in [6.45, 7) is 4.34. The molecule has 0 aliphatic rings. The van der Waals surface area contributed by atoms with Gasteiger partial charge >= 0.3 is 0 Å². The number of nitrogens with two attached hydrogens (primary N) is 1. The van der Waals surface area contributed by atoms with Crippen molar-refractivity contribution in [3.05, 3.63) is 20.8 Å². The molecule has 2 N–H and O–H groups in total. The highest BCUT2D eigenvalue weighted by Gasteiger charge is 2.25. The van der Waals surface area contributed by atoms with Gasteiger partial charge in [0.1, 0.15) is 0 Å². The molecule has 0 bridgehead atoms. The van der Waals surface area contributed by atoms with Crippen molar-refractivity contribution in [2.45, 2.75) is 32.0 Å². The molecule has 98 valence electrons. The van der Waals surface area contributed by atoms with E-state index in [4.69, 9.17) is 5.73 Å². The SMILES string of the molecule is CSCC(C)N(C)C(c1ccc(Br)s1)C(C)N. The maximum Gasteiger partial charge on any atom is 0.0702 e. The third-order valence-electron chi connectivity index (χ3n) is 2.93. The van der Waals surface area contributed by atoms with E-state index >= 15 is 0 Å². The largest absolute Gasteiger partial charge is 0.326 e. The first-order valence-electron chi connectivity index (χ1n) is 5.69. The molecule has 17 heavy (non-hydrogen) atoms. The van der Waals surface area contributed by atoms with Crippen LogP contribution in [0, 0.1) is 0 Å². The molecule has 0 fully saturated rings. The van der Waals surface area contributed by atoms with Crippen molar-refractivity contribution in [2.24, 2.45) is 5.73 Å². The number of nitrogens with zero attached hydrogens (tertiary/aromatic N) is 1. The monoisotopic (exact) mass is 336 g/mol. The lowest BCUT2D eigenvalue weighted by Crippen LogP contribution is -2.42. The molecule has 1 aromatic heterocycles. The average molecular weight is 337 g/mol. The van der Waals surface area contributed by atoms with Crippen molar-refractivity contribution < 1.29 is 0 Å². The molecule has 2 nitrogen and oxygen atoms in total. The van der Waals surface area contributed by atoms with Crippen LogP contribution in [-0.4, -0.2) is 36.0 Å². The summed E-state index contributed by atoms with van der Waals surface area (Å²) in [6.07, 6.45) is 2.15. The molecule has 0 saturated carbocycles. The van der Waals surface area contributed by atoms with E-state index in [2.05, 4.69) is 60.1 Å². The van der Waals surface area contributed by atoms with Gasteiger partial charge in [-0.15, -0.1) is 11.3 Å². The Hall–Kier alpha value is 0.450. The topological polar surface area (TPSA) is 29.3 Å². The van der Waals surface area contributed by atoms with E-state index in [1.54, 1.807) is 11.3 Å². The second-order valence-corrected chi connectivity index (χ2v) is 7.82. The van der Waals surface area contributed by atoms with E-state index < -0.39 is 0 Å². The summed E-state index contributed by atoms with van der Waals surface area (Å²) in [5, 5.41) is 0. The van der Waals surface area contributed by atoms with Gasteiger partial charge in [0.25, 0.3) is 0 Å². The van der Waals surface area contributed by atoms with Crippen molar-refractivity contribution in [1.29, 1.82) is 0 Å². The van der Waals surface area contributed by atoms with E-state index in [0.717, 1.165) is 5.75 Å². The predicted molar refractivity (Wildman–Crippen MR) is 84.0 cm³/mol. The third-order valence-corrected chi connectivity index (χ3v) is 5.44. The Labute approximate surface area is 121 Å². The van der Waals surface area contributed by atoms with Gasteiger partial charge < -0.3 is 5.73 Å². The number of thioether (sulfide) groups is 1. The lowest BCUT2D eigenvalue weighted by Gasteiger charge is -2.34. The predicted octanol–water partition coefficient (Wildman–Crippen LogP) is 3.58. The van der Waals surface area contributed by atoms with Gasteiger partial charge in [0.15, 0.2) is 0 Å². The summed E-state index contributed by atoms with van der Waals surface area (Å²) in [4.78, 5) is 3.72. The normalized spacial score (nSPS) is 17.1. The van der Waals surface area contributed by atoms with Crippen LogP contribution in [-0.2, 0) is 0 Å². The van der Waals surface area contributed by atoms with E-state index in [9.17, 15) is 0 Å². The first-order valence-corrected chi connectivity index (χ1v) is 8.69. The molecule has 3 atom stereocenters. The maximum atomic E-state index is 6.16. The van der Waals surface area contributed by atoms with Gasteiger partial charge in [-0.2, -0.15) is 11.8 Å². The molecule has 1 heterocycles. The minimum absolute atomic E-state index is 0.134. The smallest absolute Gasteiger partial charge is 0.0702 e. The minimum Gasteiger partial charge on any atom is -0.326 e. The van der Waals surface area contributed by atoms with Crippen LogP contribution in [0.4, 0.5) is 0 Å². The van der Waals surface area contributed by atoms with E-state index in [1.165, 1.54) is 8.66 Å². The summed E-state index contributed by atoms with van der Waals surface area (Å²) in [6, 6.07) is 5.23. The van der Waals surface area contributed by atoms with Gasteiger partial charge in [-0.3, -0.25) is 4.90 Å². The van der Waals surface area contributed by atoms with Gasteiger partial charge in [0.05, 0.1) is 9.83 Å². The van der Waals surface area contributed by atoms with Crippen LogP contribution < -0.4 is 5.73 Å². The summed E-state index contributed by atoms with van der Waals surface area (Å²) in [5.41, 5.74) is 6.16. The Morgan fingerprint density at radius 1 is 1.47 bits per heavy atom. The van der Waals surface area contributed by atoms with Gasteiger partial charge in [0.2, 0.25) is 0 Å². The number of halogens is 1. The molecule has 0 aliphatic carbocycles. The second-order valence-electron chi connectivity index (χ2n) is 4.42. The molecule has 0 aliphatic heterocycles. The van der Waals surface area contributed by atoms with Crippen molar-refractivity contribution in [2.75, 3.05) is 19.1 Å². The Morgan fingerprint density at radius 3 is 2.53 bits per heavy atom. The van der Waals surface area contributed by atoms with Gasteiger partial charge in [-0.25, -0.2) is 0 Å². The fourth-order valence-electron chi connectivity index (χ4n) is 1.95. The first kappa shape index (κ1) is 15.5. The number of likely N-dealkylation sites (N-methyl/N-ethyl adjacent to an activating group) is 1. The average Bonchev–Trinajstić information content (AvgIpc) is 2.64. The van der Waals surface area contributed by atoms with E-state index in [1.807, 2.05) is 11.8 Å². The zero-order valence-corrected chi connectivity index (χ0v) is 14.0. The van der Waals surface area contributed by atoms with Crippen molar-refractivity contribution in [1.82, 2.24) is 4.90 Å². The van der Waals surface area contributed by atoms with Crippen LogP contribution in [0.5, 0.6) is 0 Å².